The third kappa shape index (κ3) is 3.05. The molecule has 4 rings (SSSR count). The van der Waals surface area contributed by atoms with Crippen molar-refractivity contribution < 1.29 is 13.7 Å². The number of hydrogen-bond acceptors (Lipinski definition) is 4. The first-order chi connectivity index (χ1) is 12.2. The predicted octanol–water partition coefficient (Wildman–Crippen LogP) is 3.83. The highest BCUT2D eigenvalue weighted by atomic mass is 19.1. The Morgan fingerprint density at radius 3 is 2.88 bits per heavy atom. The van der Waals surface area contributed by atoms with E-state index in [-0.39, 0.29) is 17.5 Å². The molecule has 1 N–H and O–H groups in total. The van der Waals surface area contributed by atoms with Gasteiger partial charge in [0, 0.05) is 24.2 Å². The van der Waals surface area contributed by atoms with Gasteiger partial charge in [-0.1, -0.05) is 17.3 Å². The Balaban J connectivity index is 1.53. The van der Waals surface area contributed by atoms with Crippen molar-refractivity contribution in [3.05, 3.63) is 53.6 Å². The number of nitrogens with one attached hydrogen (secondary N) is 1. The molecule has 25 heavy (non-hydrogen) atoms. The van der Waals surface area contributed by atoms with Crippen LogP contribution in [-0.4, -0.2) is 20.8 Å². The molecule has 7 heteroatoms. The third-order valence-electron chi connectivity index (χ3n) is 4.23. The lowest BCUT2D eigenvalue weighted by atomic mass is 10.1. The zero-order valence-electron chi connectivity index (χ0n) is 13.7. The number of nitrogens with zero attached hydrogens (tertiary/aromatic N) is 3. The smallest absolute Gasteiger partial charge is 0.277 e. The molecule has 0 aliphatic heterocycles. The zero-order valence-corrected chi connectivity index (χ0v) is 13.7. The van der Waals surface area contributed by atoms with E-state index in [1.165, 1.54) is 12.1 Å². The van der Waals surface area contributed by atoms with Gasteiger partial charge in [0.1, 0.15) is 5.82 Å². The highest BCUT2D eigenvalue weighted by Crippen LogP contribution is 2.40. The van der Waals surface area contributed by atoms with Crippen molar-refractivity contribution in [3.63, 3.8) is 0 Å². The molecule has 1 aliphatic carbocycles. The lowest BCUT2D eigenvalue weighted by molar-refractivity contribution is 0.102. The molecule has 2 heterocycles. The lowest BCUT2D eigenvalue weighted by Gasteiger charge is -2.00. The van der Waals surface area contributed by atoms with Gasteiger partial charge in [-0.2, -0.15) is 5.10 Å². The van der Waals surface area contributed by atoms with Crippen LogP contribution in [-0.2, 0) is 6.54 Å². The van der Waals surface area contributed by atoms with Crippen molar-refractivity contribution in [1.82, 2.24) is 14.9 Å². The van der Waals surface area contributed by atoms with Gasteiger partial charge in [0.2, 0.25) is 0 Å². The van der Waals surface area contributed by atoms with Crippen LogP contribution in [0.3, 0.4) is 0 Å². The van der Waals surface area contributed by atoms with Crippen molar-refractivity contribution in [2.75, 3.05) is 5.32 Å². The van der Waals surface area contributed by atoms with Crippen molar-refractivity contribution in [3.8, 4) is 11.3 Å². The van der Waals surface area contributed by atoms with Gasteiger partial charge in [0.25, 0.3) is 5.91 Å². The summed E-state index contributed by atoms with van der Waals surface area (Å²) in [4.78, 5) is 12.4. The standard InChI is InChI=1S/C18H17FN4O2/c1-2-23-15(11-7-8-11)9-14(21-23)18(24)20-17-10-16(25-22-17)12-5-3-4-6-13(12)19/h3-6,9-11H,2,7-8H2,1H3,(H,20,22,24). The summed E-state index contributed by atoms with van der Waals surface area (Å²) >= 11 is 0. The fourth-order valence-electron chi connectivity index (χ4n) is 2.81. The average Bonchev–Trinajstić information content (AvgIpc) is 3.19. The van der Waals surface area contributed by atoms with Gasteiger partial charge in [0.15, 0.2) is 17.3 Å². The summed E-state index contributed by atoms with van der Waals surface area (Å²) in [5.74, 6) is 0.219. The summed E-state index contributed by atoms with van der Waals surface area (Å²) in [6, 6.07) is 9.55. The number of aryl methyl sites for hydroxylation is 1. The van der Waals surface area contributed by atoms with Crippen molar-refractivity contribution in [2.24, 2.45) is 0 Å². The van der Waals surface area contributed by atoms with Gasteiger partial charge < -0.3 is 9.84 Å². The third-order valence-corrected chi connectivity index (χ3v) is 4.23. The first-order valence-corrected chi connectivity index (χ1v) is 8.26. The van der Waals surface area contributed by atoms with Gasteiger partial charge >= 0.3 is 0 Å². The molecule has 0 bridgehead atoms. The van der Waals surface area contributed by atoms with Crippen molar-refractivity contribution >= 4 is 11.7 Å². The number of aromatic nitrogens is 3. The largest absolute Gasteiger partial charge is 0.354 e. The van der Waals surface area contributed by atoms with Gasteiger partial charge in [-0.15, -0.1) is 0 Å². The number of rotatable bonds is 5. The molecule has 128 valence electrons. The quantitative estimate of drug-likeness (QED) is 0.766. The van der Waals surface area contributed by atoms with Crippen LogP contribution in [0.25, 0.3) is 11.3 Å². The first kappa shape index (κ1) is 15.6. The highest BCUT2D eigenvalue weighted by Gasteiger charge is 2.29. The number of anilines is 1. The summed E-state index contributed by atoms with van der Waals surface area (Å²) < 4.78 is 20.8. The maximum Gasteiger partial charge on any atom is 0.277 e. The Kier molecular flexibility index (Phi) is 3.83. The minimum Gasteiger partial charge on any atom is -0.354 e. The van der Waals surface area contributed by atoms with E-state index >= 15 is 0 Å². The van der Waals surface area contributed by atoms with E-state index in [1.54, 1.807) is 18.2 Å². The van der Waals surface area contributed by atoms with E-state index in [9.17, 15) is 9.18 Å². The van der Waals surface area contributed by atoms with E-state index in [2.05, 4.69) is 15.6 Å². The minimum absolute atomic E-state index is 0.224. The van der Waals surface area contributed by atoms with Crippen LogP contribution in [0.15, 0.2) is 40.9 Å². The number of amides is 1. The number of halogens is 1. The van der Waals surface area contributed by atoms with Crippen molar-refractivity contribution in [2.45, 2.75) is 32.2 Å². The number of carbonyl (C=O) groups is 1. The molecule has 1 aliphatic rings. The maximum absolute atomic E-state index is 13.8. The molecule has 2 aromatic heterocycles. The number of hydrogen-bond donors (Lipinski definition) is 1. The second-order valence-corrected chi connectivity index (χ2v) is 6.05. The monoisotopic (exact) mass is 340 g/mol. The fraction of sp³-hybridized carbons (Fsp3) is 0.278. The molecular formula is C18H17FN4O2. The Hall–Kier alpha value is -2.96. The molecule has 3 aromatic rings. The fourth-order valence-corrected chi connectivity index (χ4v) is 2.81. The lowest BCUT2D eigenvalue weighted by Crippen LogP contribution is -2.13. The Morgan fingerprint density at radius 2 is 2.16 bits per heavy atom. The maximum atomic E-state index is 13.8. The number of carbonyl (C=O) groups excluding carboxylic acids is 1. The van der Waals surface area contributed by atoms with Crippen molar-refractivity contribution in [1.29, 1.82) is 0 Å². The van der Waals surface area contributed by atoms with Crippen LogP contribution >= 0.6 is 0 Å². The topological polar surface area (TPSA) is 73.0 Å². The second-order valence-electron chi connectivity index (χ2n) is 6.05. The summed E-state index contributed by atoms with van der Waals surface area (Å²) in [5.41, 5.74) is 1.74. The van der Waals surface area contributed by atoms with Crippen LogP contribution < -0.4 is 5.32 Å². The molecule has 1 amide bonds. The SMILES string of the molecule is CCn1nc(C(=O)Nc2cc(-c3ccccc3F)on2)cc1C1CC1. The molecule has 1 fully saturated rings. The summed E-state index contributed by atoms with van der Waals surface area (Å²) in [6.07, 6.45) is 2.28. The zero-order chi connectivity index (χ0) is 17.4. The van der Waals surface area contributed by atoms with Crippen LogP contribution in [0.2, 0.25) is 0 Å². The molecule has 1 saturated carbocycles. The van der Waals surface area contributed by atoms with Gasteiger partial charge in [0.05, 0.1) is 5.56 Å². The van der Waals surface area contributed by atoms with Crippen LogP contribution in [0.5, 0.6) is 0 Å². The van der Waals surface area contributed by atoms with Gasteiger partial charge in [-0.3, -0.25) is 9.48 Å². The van der Waals surface area contributed by atoms with E-state index in [1.807, 2.05) is 17.7 Å². The summed E-state index contributed by atoms with van der Waals surface area (Å²) in [6.45, 7) is 2.72. The Bertz CT molecular complexity index is 927. The van der Waals surface area contributed by atoms with E-state index in [0.717, 1.165) is 25.1 Å². The molecular weight excluding hydrogens is 323 g/mol. The van der Waals surface area contributed by atoms with Crippen LogP contribution in [0, 0.1) is 5.82 Å². The molecule has 0 spiro atoms. The van der Waals surface area contributed by atoms with E-state index < -0.39 is 5.82 Å². The molecule has 1 aromatic carbocycles. The van der Waals surface area contributed by atoms with Gasteiger partial charge in [-0.05, 0) is 38.0 Å². The average molecular weight is 340 g/mol. The summed E-state index contributed by atoms with van der Waals surface area (Å²) in [7, 11) is 0. The van der Waals surface area contributed by atoms with Gasteiger partial charge in [-0.25, -0.2) is 4.39 Å². The second kappa shape index (κ2) is 6.16. The molecule has 0 saturated heterocycles. The predicted molar refractivity (Wildman–Crippen MR) is 89.7 cm³/mol. The first-order valence-electron chi connectivity index (χ1n) is 8.26. The minimum atomic E-state index is -0.410. The Labute approximate surface area is 143 Å². The normalized spacial score (nSPS) is 13.8. The molecule has 0 atom stereocenters. The Morgan fingerprint density at radius 1 is 1.36 bits per heavy atom. The highest BCUT2D eigenvalue weighted by molar-refractivity contribution is 6.02. The molecule has 6 nitrogen and oxygen atoms in total. The van der Waals surface area contributed by atoms with E-state index in [4.69, 9.17) is 4.52 Å². The number of benzene rings is 1. The molecule has 0 radical (unpaired) electrons. The van der Waals surface area contributed by atoms with Crippen LogP contribution in [0.1, 0.15) is 41.9 Å². The van der Waals surface area contributed by atoms with Crippen LogP contribution in [0.4, 0.5) is 10.2 Å². The van der Waals surface area contributed by atoms with E-state index in [0.29, 0.717) is 17.2 Å². The molecule has 0 unspecified atom stereocenters. The summed E-state index contributed by atoms with van der Waals surface area (Å²) in [5, 5.41) is 10.8.